The highest BCUT2D eigenvalue weighted by Gasteiger charge is 2.25. The molecule has 8 heteroatoms. The molecule has 31 heavy (non-hydrogen) atoms. The Morgan fingerprint density at radius 3 is 2.71 bits per heavy atom. The fourth-order valence-corrected chi connectivity index (χ4v) is 4.57. The fraction of sp³-hybridized carbons (Fsp3) is 0.348. The van der Waals surface area contributed by atoms with Crippen LogP contribution in [0.15, 0.2) is 64.1 Å². The van der Waals surface area contributed by atoms with Gasteiger partial charge in [-0.25, -0.2) is 0 Å². The molecule has 2 N–H and O–H groups in total. The summed E-state index contributed by atoms with van der Waals surface area (Å²) < 4.78 is 5.22. The van der Waals surface area contributed by atoms with Crippen LogP contribution in [0.1, 0.15) is 47.1 Å². The van der Waals surface area contributed by atoms with E-state index in [0.29, 0.717) is 24.4 Å². The molecular weight excluding hydrogens is 412 g/mol. The maximum Gasteiger partial charge on any atom is 0.272 e. The van der Waals surface area contributed by atoms with Crippen LogP contribution in [-0.4, -0.2) is 45.8 Å². The molecule has 0 atom stereocenters. The third kappa shape index (κ3) is 5.79. The van der Waals surface area contributed by atoms with Gasteiger partial charge in [0.15, 0.2) is 0 Å². The monoisotopic (exact) mass is 438 g/mol. The number of carbonyl (C=O) groups excluding carboxylic acids is 2. The average Bonchev–Trinajstić information content (AvgIpc) is 3.51. The summed E-state index contributed by atoms with van der Waals surface area (Å²) in [5.41, 5.74) is 1.33. The SMILES string of the molecule is O=C(NCc1ccco1)c1cc(C2CCN(C(=O)CCSc3ccccc3)CC2)[nH]n1. The van der Waals surface area contributed by atoms with Gasteiger partial charge in [-0.3, -0.25) is 14.7 Å². The Labute approximate surface area is 185 Å². The Hall–Kier alpha value is -3.00. The van der Waals surface area contributed by atoms with Crippen LogP contribution < -0.4 is 5.32 Å². The van der Waals surface area contributed by atoms with E-state index in [-0.39, 0.29) is 17.7 Å². The number of hydrogen-bond acceptors (Lipinski definition) is 5. The lowest BCUT2D eigenvalue weighted by Crippen LogP contribution is -2.38. The van der Waals surface area contributed by atoms with Gasteiger partial charge < -0.3 is 14.6 Å². The van der Waals surface area contributed by atoms with E-state index in [2.05, 4.69) is 27.6 Å². The second-order valence-corrected chi connectivity index (χ2v) is 8.71. The molecule has 1 saturated heterocycles. The van der Waals surface area contributed by atoms with E-state index in [9.17, 15) is 9.59 Å². The van der Waals surface area contributed by atoms with Crippen molar-refractivity contribution >= 4 is 23.6 Å². The van der Waals surface area contributed by atoms with E-state index in [1.807, 2.05) is 35.2 Å². The van der Waals surface area contributed by atoms with Crippen molar-refractivity contribution in [1.29, 1.82) is 0 Å². The lowest BCUT2D eigenvalue weighted by atomic mass is 9.93. The predicted molar refractivity (Wildman–Crippen MR) is 119 cm³/mol. The Morgan fingerprint density at radius 1 is 1.16 bits per heavy atom. The van der Waals surface area contributed by atoms with Gasteiger partial charge in [0, 0.05) is 41.8 Å². The molecule has 1 fully saturated rings. The van der Waals surface area contributed by atoms with Gasteiger partial charge in [-0.05, 0) is 43.2 Å². The van der Waals surface area contributed by atoms with Crippen molar-refractivity contribution in [2.45, 2.75) is 36.6 Å². The topological polar surface area (TPSA) is 91.2 Å². The van der Waals surface area contributed by atoms with Crippen LogP contribution in [0, 0.1) is 0 Å². The Kier molecular flexibility index (Phi) is 7.09. The smallest absolute Gasteiger partial charge is 0.272 e. The summed E-state index contributed by atoms with van der Waals surface area (Å²) in [5.74, 6) is 1.75. The van der Waals surface area contributed by atoms with Gasteiger partial charge in [-0.2, -0.15) is 5.10 Å². The molecule has 0 radical (unpaired) electrons. The number of nitrogens with one attached hydrogen (secondary N) is 2. The summed E-state index contributed by atoms with van der Waals surface area (Å²) in [6.07, 6.45) is 3.86. The molecule has 4 rings (SSSR count). The van der Waals surface area contributed by atoms with Crippen LogP contribution in [0.5, 0.6) is 0 Å². The van der Waals surface area contributed by atoms with Crippen molar-refractivity contribution in [1.82, 2.24) is 20.4 Å². The number of nitrogens with zero attached hydrogens (tertiary/aromatic N) is 2. The van der Waals surface area contributed by atoms with Crippen molar-refractivity contribution in [3.05, 3.63) is 71.9 Å². The fourth-order valence-electron chi connectivity index (χ4n) is 3.70. The molecule has 2 amide bonds. The van der Waals surface area contributed by atoms with Crippen LogP contribution in [-0.2, 0) is 11.3 Å². The number of piperidine rings is 1. The molecule has 0 spiro atoms. The highest BCUT2D eigenvalue weighted by Crippen LogP contribution is 2.28. The molecule has 0 aliphatic carbocycles. The van der Waals surface area contributed by atoms with E-state index < -0.39 is 0 Å². The Morgan fingerprint density at radius 2 is 1.97 bits per heavy atom. The van der Waals surface area contributed by atoms with E-state index >= 15 is 0 Å². The first-order valence-corrected chi connectivity index (χ1v) is 11.5. The summed E-state index contributed by atoms with van der Waals surface area (Å²) in [6.45, 7) is 1.80. The lowest BCUT2D eigenvalue weighted by molar-refractivity contribution is -0.131. The zero-order valence-electron chi connectivity index (χ0n) is 17.3. The summed E-state index contributed by atoms with van der Waals surface area (Å²) in [6, 6.07) is 15.6. The zero-order chi connectivity index (χ0) is 21.5. The summed E-state index contributed by atoms with van der Waals surface area (Å²) >= 11 is 1.71. The summed E-state index contributed by atoms with van der Waals surface area (Å²) in [5, 5.41) is 9.97. The zero-order valence-corrected chi connectivity index (χ0v) is 18.1. The Bertz CT molecular complexity index is 979. The normalized spacial score (nSPS) is 14.5. The molecule has 7 nitrogen and oxygen atoms in total. The first kappa shape index (κ1) is 21.2. The maximum atomic E-state index is 12.5. The van der Waals surface area contributed by atoms with Crippen LogP contribution in [0.4, 0.5) is 0 Å². The number of hydrogen-bond donors (Lipinski definition) is 2. The largest absolute Gasteiger partial charge is 0.467 e. The number of rotatable bonds is 8. The number of amides is 2. The number of aromatic nitrogens is 2. The number of thioether (sulfide) groups is 1. The molecule has 3 aromatic rings. The van der Waals surface area contributed by atoms with E-state index in [1.54, 1.807) is 24.1 Å². The second kappa shape index (κ2) is 10.3. The third-order valence-corrected chi connectivity index (χ3v) is 6.46. The second-order valence-electron chi connectivity index (χ2n) is 7.54. The van der Waals surface area contributed by atoms with Gasteiger partial charge >= 0.3 is 0 Å². The summed E-state index contributed by atoms with van der Waals surface area (Å²) in [7, 11) is 0. The predicted octanol–water partition coefficient (Wildman–Crippen LogP) is 3.82. The van der Waals surface area contributed by atoms with Crippen LogP contribution >= 0.6 is 11.8 Å². The molecular formula is C23H26N4O3S. The molecule has 3 heterocycles. The highest BCUT2D eigenvalue weighted by molar-refractivity contribution is 7.99. The van der Waals surface area contributed by atoms with Crippen molar-refractivity contribution in [2.24, 2.45) is 0 Å². The number of carbonyl (C=O) groups is 2. The van der Waals surface area contributed by atoms with Crippen molar-refractivity contribution < 1.29 is 14.0 Å². The van der Waals surface area contributed by atoms with Gasteiger partial charge in [0.05, 0.1) is 12.8 Å². The first-order valence-electron chi connectivity index (χ1n) is 10.5. The van der Waals surface area contributed by atoms with Gasteiger partial charge in [0.25, 0.3) is 5.91 Å². The molecule has 1 aliphatic heterocycles. The average molecular weight is 439 g/mol. The number of likely N-dealkylation sites (tertiary alicyclic amines) is 1. The minimum Gasteiger partial charge on any atom is -0.467 e. The number of H-pyrrole nitrogens is 1. The first-order chi connectivity index (χ1) is 15.2. The molecule has 2 aromatic heterocycles. The highest BCUT2D eigenvalue weighted by atomic mass is 32.2. The van der Waals surface area contributed by atoms with Crippen molar-refractivity contribution in [2.75, 3.05) is 18.8 Å². The minimum absolute atomic E-state index is 0.212. The third-order valence-electron chi connectivity index (χ3n) is 5.45. The number of benzene rings is 1. The van der Waals surface area contributed by atoms with Gasteiger partial charge in [0.1, 0.15) is 11.5 Å². The number of furan rings is 1. The summed E-state index contributed by atoms with van der Waals surface area (Å²) in [4.78, 5) is 28.0. The molecule has 0 bridgehead atoms. The quantitative estimate of drug-likeness (QED) is 0.522. The lowest BCUT2D eigenvalue weighted by Gasteiger charge is -2.31. The van der Waals surface area contributed by atoms with Crippen LogP contribution in [0.2, 0.25) is 0 Å². The molecule has 0 saturated carbocycles. The molecule has 0 unspecified atom stereocenters. The maximum absolute atomic E-state index is 12.5. The van der Waals surface area contributed by atoms with E-state index in [1.165, 1.54) is 4.90 Å². The molecule has 1 aromatic carbocycles. The van der Waals surface area contributed by atoms with Crippen LogP contribution in [0.3, 0.4) is 0 Å². The number of aromatic amines is 1. The minimum atomic E-state index is -0.234. The molecule has 1 aliphatic rings. The van der Waals surface area contributed by atoms with Gasteiger partial charge in [0.2, 0.25) is 5.91 Å². The Balaban J connectivity index is 1.20. The standard InChI is InChI=1S/C23H26N4O3S/c28-22(10-14-31-19-6-2-1-3-7-19)27-11-8-17(9-12-27)20-15-21(26-25-20)23(29)24-16-18-5-4-13-30-18/h1-7,13,15,17H,8-12,14,16H2,(H,24,29)(H,25,26). The van der Waals surface area contributed by atoms with Gasteiger partial charge in [-0.1, -0.05) is 18.2 Å². The van der Waals surface area contributed by atoms with E-state index in [0.717, 1.165) is 37.4 Å². The van der Waals surface area contributed by atoms with Crippen molar-refractivity contribution in [3.8, 4) is 0 Å². The van der Waals surface area contributed by atoms with Crippen LogP contribution in [0.25, 0.3) is 0 Å². The van der Waals surface area contributed by atoms with Crippen molar-refractivity contribution in [3.63, 3.8) is 0 Å². The van der Waals surface area contributed by atoms with E-state index in [4.69, 9.17) is 4.42 Å². The molecule has 162 valence electrons. The van der Waals surface area contributed by atoms with Gasteiger partial charge in [-0.15, -0.1) is 11.8 Å².